The van der Waals surface area contributed by atoms with Gasteiger partial charge in [-0.2, -0.15) is 0 Å². The lowest BCUT2D eigenvalue weighted by Gasteiger charge is -2.18. The number of ether oxygens (including phenoxy) is 1. The molecule has 0 unspecified atom stereocenters. The zero-order chi connectivity index (χ0) is 36.6. The zero-order valence-electron chi connectivity index (χ0n) is 29.8. The molecule has 7 aromatic carbocycles. The van der Waals surface area contributed by atoms with Gasteiger partial charge in [-0.3, -0.25) is 4.98 Å². The van der Waals surface area contributed by atoms with E-state index in [1.54, 1.807) is 6.20 Å². The molecule has 0 N–H and O–H groups in total. The summed E-state index contributed by atoms with van der Waals surface area (Å²) in [6, 6.07) is 61.0. The van der Waals surface area contributed by atoms with Gasteiger partial charge in [0.15, 0.2) is 5.82 Å². The normalized spacial score (nSPS) is 12.3. The van der Waals surface area contributed by atoms with Crippen LogP contribution in [0.2, 0.25) is 0 Å². The first-order valence-corrected chi connectivity index (χ1v) is 18.4. The van der Waals surface area contributed by atoms with Crippen molar-refractivity contribution in [2.45, 2.75) is 0 Å². The molecule has 0 saturated heterocycles. The van der Waals surface area contributed by atoms with Crippen LogP contribution >= 0.6 is 0 Å². The van der Waals surface area contributed by atoms with Crippen molar-refractivity contribution in [3.05, 3.63) is 199 Å². The molecule has 0 amide bonds. The van der Waals surface area contributed by atoms with Crippen molar-refractivity contribution in [1.82, 2.24) is 15.0 Å². The Labute approximate surface area is 319 Å². The van der Waals surface area contributed by atoms with Crippen LogP contribution in [0.25, 0.3) is 90.2 Å². The minimum Gasteiger partial charge on any atom is -0.455 e. The van der Waals surface area contributed by atoms with E-state index < -0.39 is 0 Å². The van der Waals surface area contributed by atoms with Gasteiger partial charge in [-0.1, -0.05) is 158 Å². The molecular weight excluding hydrogens is 671 g/mol. The third-order valence-corrected chi connectivity index (χ3v) is 10.2. The van der Waals surface area contributed by atoms with Gasteiger partial charge in [0, 0.05) is 45.6 Å². The van der Waals surface area contributed by atoms with Gasteiger partial charge in [0.1, 0.15) is 11.5 Å². The van der Waals surface area contributed by atoms with E-state index in [4.69, 9.17) is 14.7 Å². The summed E-state index contributed by atoms with van der Waals surface area (Å²) in [6.07, 6.45) is 8.10. The van der Waals surface area contributed by atoms with Crippen molar-refractivity contribution < 1.29 is 4.74 Å². The van der Waals surface area contributed by atoms with Crippen LogP contribution in [0.3, 0.4) is 0 Å². The van der Waals surface area contributed by atoms with E-state index in [1.165, 1.54) is 0 Å². The summed E-state index contributed by atoms with van der Waals surface area (Å²) in [5.41, 5.74) is 13.2. The maximum Gasteiger partial charge on any atom is 0.160 e. The summed E-state index contributed by atoms with van der Waals surface area (Å²) in [5.74, 6) is 2.29. The van der Waals surface area contributed by atoms with Crippen LogP contribution in [0.4, 0.5) is 0 Å². The molecule has 3 heterocycles. The molecule has 10 rings (SSSR count). The van der Waals surface area contributed by atoms with Gasteiger partial charge in [0.05, 0.1) is 11.4 Å². The van der Waals surface area contributed by atoms with E-state index in [0.717, 1.165) is 94.9 Å². The number of para-hydroxylation sites is 1. The number of rotatable bonds is 4. The minimum absolute atomic E-state index is 0.661. The van der Waals surface area contributed by atoms with Crippen LogP contribution in [-0.4, -0.2) is 15.0 Å². The van der Waals surface area contributed by atoms with Crippen molar-refractivity contribution in [3.63, 3.8) is 0 Å². The molecule has 4 nitrogen and oxygen atoms in total. The molecule has 0 bridgehead atoms. The van der Waals surface area contributed by atoms with Crippen LogP contribution in [0.1, 0.15) is 11.1 Å². The maximum absolute atomic E-state index is 7.08. The Balaban J connectivity index is 1.18. The number of benzene rings is 7. The van der Waals surface area contributed by atoms with E-state index >= 15 is 0 Å². The number of nitrogens with zero attached hydrogens (tertiary/aromatic N) is 3. The largest absolute Gasteiger partial charge is 0.455 e. The summed E-state index contributed by atoms with van der Waals surface area (Å²) >= 11 is 0. The molecule has 1 aliphatic heterocycles. The van der Waals surface area contributed by atoms with Gasteiger partial charge in [0.25, 0.3) is 0 Å². The lowest BCUT2D eigenvalue weighted by Crippen LogP contribution is -1.97. The average molecular weight is 704 g/mol. The van der Waals surface area contributed by atoms with E-state index in [0.29, 0.717) is 5.82 Å². The maximum atomic E-state index is 7.08. The van der Waals surface area contributed by atoms with Crippen LogP contribution < -0.4 is 4.74 Å². The molecule has 55 heavy (non-hydrogen) atoms. The second kappa shape index (κ2) is 13.8. The average Bonchev–Trinajstić information content (AvgIpc) is 3.28. The summed E-state index contributed by atoms with van der Waals surface area (Å²) in [7, 11) is 0. The van der Waals surface area contributed by atoms with E-state index in [-0.39, 0.29) is 0 Å². The Morgan fingerprint density at radius 1 is 0.400 bits per heavy atom. The molecule has 2 aromatic heterocycles. The number of aromatic nitrogens is 3. The van der Waals surface area contributed by atoms with E-state index in [9.17, 15) is 0 Å². The predicted molar refractivity (Wildman–Crippen MR) is 225 cm³/mol. The molecule has 9 aromatic rings. The number of pyridine rings is 1. The second-order valence-corrected chi connectivity index (χ2v) is 13.6. The third-order valence-electron chi connectivity index (χ3n) is 10.2. The van der Waals surface area contributed by atoms with Gasteiger partial charge in [-0.25, -0.2) is 9.97 Å². The fourth-order valence-corrected chi connectivity index (χ4v) is 7.44. The number of hydrogen-bond acceptors (Lipinski definition) is 4. The molecule has 0 atom stereocenters. The number of hydrogen-bond donors (Lipinski definition) is 0. The quantitative estimate of drug-likeness (QED) is 0.183. The zero-order valence-corrected chi connectivity index (χ0v) is 29.8. The van der Waals surface area contributed by atoms with Crippen molar-refractivity contribution in [3.8, 4) is 78.8 Å². The highest BCUT2D eigenvalue weighted by Crippen LogP contribution is 2.45. The van der Waals surface area contributed by atoms with E-state index in [1.807, 2.05) is 36.5 Å². The van der Waals surface area contributed by atoms with Gasteiger partial charge in [-0.15, -0.1) is 0 Å². The van der Waals surface area contributed by atoms with Gasteiger partial charge in [0.2, 0.25) is 0 Å². The Kier molecular flexibility index (Phi) is 8.12. The van der Waals surface area contributed by atoms with Crippen molar-refractivity contribution in [1.29, 1.82) is 0 Å². The lowest BCUT2D eigenvalue weighted by atomic mass is 9.92. The Bertz CT molecular complexity index is 2880. The standard InChI is InChI=1S/C51H33N3O/c1-2-13-38(14-3-1)47-32-48(54-51(53-47)39-25-20-34(21-26-39)41-15-10-30-52-33-41)40-27-24-37-23-22-35-11-4-6-16-42(35)44-18-8-9-19-49(44)55-50-43-17-7-5-12-36(43)28-29-45(50)46(37)31-40/h1-33H/b23-22-. The third kappa shape index (κ3) is 6.16. The topological polar surface area (TPSA) is 47.9 Å². The molecule has 0 spiro atoms. The molecule has 4 heteroatoms. The van der Waals surface area contributed by atoms with Crippen LogP contribution in [0, 0.1) is 0 Å². The molecule has 0 saturated carbocycles. The first-order chi connectivity index (χ1) is 27.2. The minimum atomic E-state index is 0.661. The molecule has 258 valence electrons. The van der Waals surface area contributed by atoms with Crippen LogP contribution in [0.5, 0.6) is 11.5 Å². The van der Waals surface area contributed by atoms with Gasteiger partial charge in [-0.05, 0) is 69.1 Å². The highest BCUT2D eigenvalue weighted by Gasteiger charge is 2.20. The molecule has 0 fully saturated rings. The highest BCUT2D eigenvalue weighted by atomic mass is 16.5. The second-order valence-electron chi connectivity index (χ2n) is 13.6. The summed E-state index contributed by atoms with van der Waals surface area (Å²) in [5, 5.41) is 2.16. The van der Waals surface area contributed by atoms with Crippen molar-refractivity contribution in [2.24, 2.45) is 0 Å². The van der Waals surface area contributed by atoms with Crippen LogP contribution in [0.15, 0.2) is 188 Å². The Hall–Kier alpha value is -7.43. The van der Waals surface area contributed by atoms with Crippen molar-refractivity contribution in [2.75, 3.05) is 0 Å². The highest BCUT2D eigenvalue weighted by molar-refractivity contribution is 5.99. The first kappa shape index (κ1) is 32.2. The SMILES string of the molecule is C1=C\c2ccc(-c3cc(-c4ccccc4)nc(-c4ccc(-c5cccnc5)cc4)n3)cc2-c2ccc3ccccc3c2Oc2ccccc2-c2ccccc2/1. The Morgan fingerprint density at radius 3 is 1.91 bits per heavy atom. The fraction of sp³-hybridized carbons (Fsp3) is 0. The molecule has 1 aliphatic rings. The predicted octanol–water partition coefficient (Wildman–Crippen LogP) is 13.3. The fourth-order valence-electron chi connectivity index (χ4n) is 7.44. The van der Waals surface area contributed by atoms with Gasteiger partial charge < -0.3 is 4.74 Å². The summed E-state index contributed by atoms with van der Waals surface area (Å²) < 4.78 is 7.08. The Morgan fingerprint density at radius 2 is 1.07 bits per heavy atom. The molecular formula is C51H33N3O. The summed E-state index contributed by atoms with van der Waals surface area (Å²) in [4.78, 5) is 14.6. The smallest absolute Gasteiger partial charge is 0.160 e. The van der Waals surface area contributed by atoms with Crippen LogP contribution in [-0.2, 0) is 0 Å². The lowest BCUT2D eigenvalue weighted by molar-refractivity contribution is 0.492. The molecule has 0 aliphatic carbocycles. The number of fused-ring (bicyclic) bond motifs is 8. The van der Waals surface area contributed by atoms with Gasteiger partial charge >= 0.3 is 0 Å². The first-order valence-electron chi connectivity index (χ1n) is 18.4. The van der Waals surface area contributed by atoms with E-state index in [2.05, 4.69) is 163 Å². The molecule has 0 radical (unpaired) electrons. The summed E-state index contributed by atoms with van der Waals surface area (Å²) in [6.45, 7) is 0. The van der Waals surface area contributed by atoms with Crippen molar-refractivity contribution >= 4 is 22.9 Å². The monoisotopic (exact) mass is 703 g/mol.